The zero-order valence-electron chi connectivity index (χ0n) is 10.5. The lowest BCUT2D eigenvalue weighted by molar-refractivity contribution is -0.138. The molecule has 0 spiro atoms. The van der Waals surface area contributed by atoms with Gasteiger partial charge in [-0.2, -0.15) is 13.2 Å². The molecule has 6 nitrogen and oxygen atoms in total. The van der Waals surface area contributed by atoms with E-state index in [-0.39, 0.29) is 11.2 Å². The van der Waals surface area contributed by atoms with Crippen molar-refractivity contribution in [1.29, 1.82) is 0 Å². The van der Waals surface area contributed by atoms with E-state index in [0.29, 0.717) is 37.3 Å². The molecule has 1 saturated heterocycles. The fourth-order valence-corrected chi connectivity index (χ4v) is 3.55. The van der Waals surface area contributed by atoms with Gasteiger partial charge in [-0.15, -0.1) is 10.2 Å². The first-order chi connectivity index (χ1) is 9.15. The highest BCUT2D eigenvalue weighted by Gasteiger charge is 2.36. The van der Waals surface area contributed by atoms with Gasteiger partial charge in [0.25, 0.3) is 0 Å². The number of alkyl halides is 3. The van der Waals surface area contributed by atoms with Gasteiger partial charge in [-0.1, -0.05) is 11.3 Å². The third kappa shape index (κ3) is 4.03. The number of piperidine rings is 1. The van der Waals surface area contributed by atoms with Crippen molar-refractivity contribution in [3.63, 3.8) is 0 Å². The fourth-order valence-electron chi connectivity index (χ4n) is 2.01. The summed E-state index contributed by atoms with van der Waals surface area (Å²) in [6, 6.07) is -0.322. The normalized spacial score (nSPS) is 21.2. The second-order valence-electron chi connectivity index (χ2n) is 4.56. The summed E-state index contributed by atoms with van der Waals surface area (Å²) < 4.78 is 62.2. The zero-order valence-corrected chi connectivity index (χ0v) is 12.1. The van der Waals surface area contributed by atoms with Gasteiger partial charge in [0.1, 0.15) is 0 Å². The number of hydrogen-bond acceptors (Lipinski definition) is 6. The van der Waals surface area contributed by atoms with Gasteiger partial charge in [-0.25, -0.2) is 13.1 Å². The van der Waals surface area contributed by atoms with Crippen molar-refractivity contribution in [1.82, 2.24) is 14.9 Å². The molecule has 2 rings (SSSR count). The molecule has 0 bridgehead atoms. The number of halogens is 3. The third-order valence-electron chi connectivity index (χ3n) is 2.73. The Kier molecular flexibility index (Phi) is 4.21. The highest BCUT2D eigenvalue weighted by molar-refractivity contribution is 7.88. The molecule has 1 atom stereocenters. The van der Waals surface area contributed by atoms with Crippen LogP contribution >= 0.6 is 11.3 Å². The molecule has 1 aliphatic heterocycles. The van der Waals surface area contributed by atoms with Crippen LogP contribution in [0.25, 0.3) is 0 Å². The Labute approximate surface area is 118 Å². The molecule has 0 aromatic carbocycles. The molecule has 2 heterocycles. The molecule has 1 fully saturated rings. The van der Waals surface area contributed by atoms with Crippen LogP contribution in [0.1, 0.15) is 17.8 Å². The monoisotopic (exact) mass is 330 g/mol. The maximum absolute atomic E-state index is 12.5. The van der Waals surface area contributed by atoms with E-state index in [0.717, 1.165) is 6.26 Å². The van der Waals surface area contributed by atoms with Crippen LogP contribution in [-0.4, -0.2) is 44.0 Å². The summed E-state index contributed by atoms with van der Waals surface area (Å²) in [7, 11) is -3.34. The minimum Gasteiger partial charge on any atom is -0.345 e. The van der Waals surface area contributed by atoms with Crippen molar-refractivity contribution in [2.45, 2.75) is 25.1 Å². The van der Waals surface area contributed by atoms with E-state index < -0.39 is 21.2 Å². The molecule has 11 heteroatoms. The van der Waals surface area contributed by atoms with Crippen LogP contribution in [0, 0.1) is 0 Å². The summed E-state index contributed by atoms with van der Waals surface area (Å²) in [6.45, 7) is 0.827. The van der Waals surface area contributed by atoms with Crippen LogP contribution < -0.4 is 9.62 Å². The van der Waals surface area contributed by atoms with Gasteiger partial charge in [-0.05, 0) is 12.8 Å². The molecule has 0 amide bonds. The lowest BCUT2D eigenvalue weighted by atomic mass is 10.1. The van der Waals surface area contributed by atoms with Gasteiger partial charge >= 0.3 is 6.18 Å². The first-order valence-electron chi connectivity index (χ1n) is 5.78. The van der Waals surface area contributed by atoms with Crippen molar-refractivity contribution in [2.24, 2.45) is 0 Å². The molecular formula is C9H13F3N4O2S2. The molecule has 0 unspecified atom stereocenters. The summed E-state index contributed by atoms with van der Waals surface area (Å²) >= 11 is 0.468. The van der Waals surface area contributed by atoms with Crippen LogP contribution in [0.5, 0.6) is 0 Å². The summed E-state index contributed by atoms with van der Waals surface area (Å²) in [5.74, 6) is 0. The second-order valence-corrected chi connectivity index (χ2v) is 7.30. The molecule has 1 aromatic heterocycles. The Morgan fingerprint density at radius 2 is 2.10 bits per heavy atom. The number of hydrogen-bond donors (Lipinski definition) is 1. The van der Waals surface area contributed by atoms with E-state index in [1.54, 1.807) is 4.90 Å². The van der Waals surface area contributed by atoms with Crippen molar-refractivity contribution in [3.05, 3.63) is 5.01 Å². The summed E-state index contributed by atoms with van der Waals surface area (Å²) in [4.78, 5) is 1.62. The SMILES string of the molecule is CS(=O)(=O)N[C@@H]1CCCN(c2nnc(C(F)(F)F)s2)C1. The molecule has 1 aromatic rings. The predicted molar refractivity (Wildman–Crippen MR) is 68.1 cm³/mol. The van der Waals surface area contributed by atoms with Crippen molar-refractivity contribution in [2.75, 3.05) is 24.2 Å². The van der Waals surface area contributed by atoms with Crippen LogP contribution in [0.15, 0.2) is 0 Å². The largest absolute Gasteiger partial charge is 0.445 e. The number of rotatable bonds is 3. The molecule has 0 radical (unpaired) electrons. The summed E-state index contributed by atoms with van der Waals surface area (Å²) in [5, 5.41) is 5.83. The van der Waals surface area contributed by atoms with Crippen molar-refractivity contribution >= 4 is 26.5 Å². The lowest BCUT2D eigenvalue weighted by Crippen LogP contribution is -2.47. The predicted octanol–water partition coefficient (Wildman–Crippen LogP) is 1.07. The lowest BCUT2D eigenvalue weighted by Gasteiger charge is -2.32. The number of nitrogens with zero attached hydrogens (tertiary/aromatic N) is 3. The number of aromatic nitrogens is 2. The van der Waals surface area contributed by atoms with Gasteiger partial charge in [0.05, 0.1) is 6.26 Å². The summed E-state index contributed by atoms with van der Waals surface area (Å²) in [5.41, 5.74) is 0. The fraction of sp³-hybridized carbons (Fsp3) is 0.778. The van der Waals surface area contributed by atoms with Crippen LogP contribution in [0.3, 0.4) is 0 Å². The van der Waals surface area contributed by atoms with Crippen LogP contribution in [-0.2, 0) is 16.2 Å². The van der Waals surface area contributed by atoms with Gasteiger partial charge < -0.3 is 4.90 Å². The Balaban J connectivity index is 2.07. The molecule has 20 heavy (non-hydrogen) atoms. The standard InChI is InChI=1S/C9H13F3N4O2S2/c1-20(17,18)15-6-3-2-4-16(5-6)8-14-13-7(19-8)9(10,11)12/h6,15H,2-5H2,1H3/t6-/m1/s1. The Hall–Kier alpha value is -0.940. The summed E-state index contributed by atoms with van der Waals surface area (Å²) in [6.07, 6.45) is -2.13. The van der Waals surface area contributed by atoms with E-state index >= 15 is 0 Å². The molecule has 114 valence electrons. The van der Waals surface area contributed by atoms with Gasteiger partial charge in [0.2, 0.25) is 20.2 Å². The molecule has 1 aliphatic rings. The average Bonchev–Trinajstić information content (AvgIpc) is 2.75. The zero-order chi connectivity index (χ0) is 15.0. The highest BCUT2D eigenvalue weighted by atomic mass is 32.2. The quantitative estimate of drug-likeness (QED) is 0.897. The molecular weight excluding hydrogens is 317 g/mol. The van der Waals surface area contributed by atoms with Gasteiger partial charge in [0.15, 0.2) is 0 Å². The van der Waals surface area contributed by atoms with E-state index in [1.807, 2.05) is 0 Å². The topological polar surface area (TPSA) is 75.2 Å². The smallest absolute Gasteiger partial charge is 0.345 e. The third-order valence-corrected chi connectivity index (χ3v) is 4.52. The highest BCUT2D eigenvalue weighted by Crippen LogP contribution is 2.34. The van der Waals surface area contributed by atoms with Crippen molar-refractivity contribution < 1.29 is 21.6 Å². The molecule has 1 N–H and O–H groups in total. The second kappa shape index (κ2) is 5.45. The number of nitrogens with one attached hydrogen (secondary N) is 1. The van der Waals surface area contributed by atoms with Gasteiger partial charge in [0, 0.05) is 19.1 Å². The van der Waals surface area contributed by atoms with Gasteiger partial charge in [-0.3, -0.25) is 0 Å². The van der Waals surface area contributed by atoms with E-state index in [2.05, 4.69) is 14.9 Å². The number of sulfonamides is 1. The van der Waals surface area contributed by atoms with E-state index in [4.69, 9.17) is 0 Å². The molecule has 0 aliphatic carbocycles. The maximum Gasteiger partial charge on any atom is 0.445 e. The minimum absolute atomic E-state index is 0.164. The minimum atomic E-state index is -4.50. The van der Waals surface area contributed by atoms with Crippen LogP contribution in [0.2, 0.25) is 0 Å². The Morgan fingerprint density at radius 3 is 2.65 bits per heavy atom. The first kappa shape index (κ1) is 15.4. The first-order valence-corrected chi connectivity index (χ1v) is 8.49. The molecule has 0 saturated carbocycles. The van der Waals surface area contributed by atoms with E-state index in [1.165, 1.54) is 0 Å². The van der Waals surface area contributed by atoms with Crippen molar-refractivity contribution in [3.8, 4) is 0 Å². The van der Waals surface area contributed by atoms with Crippen LogP contribution in [0.4, 0.5) is 18.3 Å². The number of anilines is 1. The van der Waals surface area contributed by atoms with E-state index in [9.17, 15) is 21.6 Å². The maximum atomic E-state index is 12.5. The Bertz CT molecular complexity index is 572. The Morgan fingerprint density at radius 1 is 1.40 bits per heavy atom. The average molecular weight is 330 g/mol.